The van der Waals surface area contributed by atoms with E-state index < -0.39 is 0 Å². The quantitative estimate of drug-likeness (QED) is 0.803. The summed E-state index contributed by atoms with van der Waals surface area (Å²) in [6.45, 7) is 8.47. The second-order valence-electron chi connectivity index (χ2n) is 5.52. The molecule has 0 aliphatic rings. The standard InChI is InChI=1S/C16H28N2/c1-5-15(6-2)18(4)13-16(3,12-17)14-10-8-7-9-11-14/h7-11,15H,5-6,12-13,17H2,1-4H3. The average molecular weight is 248 g/mol. The summed E-state index contributed by atoms with van der Waals surface area (Å²) in [6.07, 6.45) is 2.39. The largest absolute Gasteiger partial charge is 0.330 e. The van der Waals surface area contributed by atoms with Crippen LogP contribution in [0.1, 0.15) is 39.2 Å². The highest BCUT2D eigenvalue weighted by molar-refractivity contribution is 5.25. The van der Waals surface area contributed by atoms with Gasteiger partial charge < -0.3 is 10.6 Å². The topological polar surface area (TPSA) is 29.3 Å². The molecule has 0 aliphatic carbocycles. The zero-order valence-corrected chi connectivity index (χ0v) is 12.3. The molecule has 1 unspecified atom stereocenters. The lowest BCUT2D eigenvalue weighted by Gasteiger charge is -2.37. The molecule has 0 saturated carbocycles. The summed E-state index contributed by atoms with van der Waals surface area (Å²) in [6, 6.07) is 11.3. The molecule has 1 rings (SSSR count). The maximum atomic E-state index is 6.04. The first-order valence-electron chi connectivity index (χ1n) is 7.03. The highest BCUT2D eigenvalue weighted by Gasteiger charge is 2.28. The van der Waals surface area contributed by atoms with E-state index in [4.69, 9.17) is 5.73 Å². The van der Waals surface area contributed by atoms with Crippen molar-refractivity contribution in [3.63, 3.8) is 0 Å². The van der Waals surface area contributed by atoms with Crippen molar-refractivity contribution < 1.29 is 0 Å². The van der Waals surface area contributed by atoms with Crippen molar-refractivity contribution in [1.82, 2.24) is 4.90 Å². The van der Waals surface area contributed by atoms with E-state index in [-0.39, 0.29) is 5.41 Å². The molecule has 1 aromatic rings. The molecular formula is C16H28N2. The van der Waals surface area contributed by atoms with Crippen molar-refractivity contribution >= 4 is 0 Å². The average Bonchev–Trinajstić information content (AvgIpc) is 2.41. The van der Waals surface area contributed by atoms with Gasteiger partial charge in [-0.1, -0.05) is 51.1 Å². The van der Waals surface area contributed by atoms with Gasteiger partial charge in [0.1, 0.15) is 0 Å². The minimum Gasteiger partial charge on any atom is -0.330 e. The highest BCUT2D eigenvalue weighted by Crippen LogP contribution is 2.24. The lowest BCUT2D eigenvalue weighted by Crippen LogP contribution is -2.45. The molecule has 0 saturated heterocycles. The van der Waals surface area contributed by atoms with Gasteiger partial charge in [-0.2, -0.15) is 0 Å². The van der Waals surface area contributed by atoms with Gasteiger partial charge in [-0.25, -0.2) is 0 Å². The molecule has 2 nitrogen and oxygen atoms in total. The van der Waals surface area contributed by atoms with E-state index in [1.54, 1.807) is 0 Å². The van der Waals surface area contributed by atoms with E-state index in [1.165, 1.54) is 18.4 Å². The highest BCUT2D eigenvalue weighted by atomic mass is 15.1. The van der Waals surface area contributed by atoms with Gasteiger partial charge in [0.25, 0.3) is 0 Å². The molecule has 102 valence electrons. The molecule has 0 fully saturated rings. The van der Waals surface area contributed by atoms with Crippen molar-refractivity contribution in [2.75, 3.05) is 20.1 Å². The summed E-state index contributed by atoms with van der Waals surface area (Å²) in [4.78, 5) is 2.46. The molecule has 0 heterocycles. The van der Waals surface area contributed by atoms with Crippen molar-refractivity contribution in [2.24, 2.45) is 5.73 Å². The molecule has 0 aromatic heterocycles. The molecule has 1 atom stereocenters. The number of hydrogen-bond donors (Lipinski definition) is 1. The van der Waals surface area contributed by atoms with Gasteiger partial charge in [-0.05, 0) is 25.5 Å². The van der Waals surface area contributed by atoms with Crippen LogP contribution < -0.4 is 5.73 Å². The number of hydrogen-bond acceptors (Lipinski definition) is 2. The number of nitrogens with two attached hydrogens (primary N) is 1. The van der Waals surface area contributed by atoms with Crippen molar-refractivity contribution in [2.45, 2.75) is 45.1 Å². The van der Waals surface area contributed by atoms with Crippen LogP contribution in [-0.4, -0.2) is 31.1 Å². The smallest absolute Gasteiger partial charge is 0.0174 e. The fourth-order valence-corrected chi connectivity index (χ4v) is 2.71. The van der Waals surface area contributed by atoms with Crippen LogP contribution in [0.3, 0.4) is 0 Å². The Hall–Kier alpha value is -0.860. The zero-order valence-electron chi connectivity index (χ0n) is 12.3. The first kappa shape index (κ1) is 15.2. The van der Waals surface area contributed by atoms with Gasteiger partial charge in [0.15, 0.2) is 0 Å². The van der Waals surface area contributed by atoms with Crippen LogP contribution in [0.15, 0.2) is 30.3 Å². The summed E-state index contributed by atoms with van der Waals surface area (Å²) in [7, 11) is 2.22. The van der Waals surface area contributed by atoms with Crippen LogP contribution >= 0.6 is 0 Å². The van der Waals surface area contributed by atoms with E-state index in [0.29, 0.717) is 12.6 Å². The van der Waals surface area contributed by atoms with Crippen molar-refractivity contribution in [1.29, 1.82) is 0 Å². The summed E-state index contributed by atoms with van der Waals surface area (Å²) < 4.78 is 0. The Kier molecular flexibility index (Phi) is 5.83. The Bertz CT molecular complexity index is 332. The van der Waals surface area contributed by atoms with Crippen molar-refractivity contribution in [3.05, 3.63) is 35.9 Å². The maximum Gasteiger partial charge on any atom is 0.0174 e. The molecular weight excluding hydrogens is 220 g/mol. The molecule has 0 radical (unpaired) electrons. The second-order valence-corrected chi connectivity index (χ2v) is 5.52. The SMILES string of the molecule is CCC(CC)N(C)CC(C)(CN)c1ccccc1. The molecule has 18 heavy (non-hydrogen) atoms. The van der Waals surface area contributed by atoms with Crippen LogP contribution in [0.25, 0.3) is 0 Å². The molecule has 0 amide bonds. The first-order valence-corrected chi connectivity index (χ1v) is 7.03. The fraction of sp³-hybridized carbons (Fsp3) is 0.625. The van der Waals surface area contributed by atoms with Gasteiger partial charge in [0, 0.05) is 24.5 Å². The molecule has 2 heteroatoms. The normalized spacial score (nSPS) is 15.1. The minimum absolute atomic E-state index is 0.0403. The van der Waals surface area contributed by atoms with E-state index in [0.717, 1.165) is 6.54 Å². The lowest BCUT2D eigenvalue weighted by molar-refractivity contribution is 0.185. The van der Waals surface area contributed by atoms with Crippen molar-refractivity contribution in [3.8, 4) is 0 Å². The van der Waals surface area contributed by atoms with Gasteiger partial charge in [-0.3, -0.25) is 0 Å². The summed E-state index contributed by atoms with van der Waals surface area (Å²) in [5, 5.41) is 0. The minimum atomic E-state index is 0.0403. The molecule has 0 bridgehead atoms. The third kappa shape index (κ3) is 3.56. The first-order chi connectivity index (χ1) is 8.57. The summed E-state index contributed by atoms with van der Waals surface area (Å²) in [5.41, 5.74) is 7.42. The van der Waals surface area contributed by atoms with Crippen LogP contribution in [0.2, 0.25) is 0 Å². The Balaban J connectivity index is 2.83. The predicted molar refractivity (Wildman–Crippen MR) is 79.8 cm³/mol. The second kappa shape index (κ2) is 6.91. The van der Waals surface area contributed by atoms with E-state index >= 15 is 0 Å². The number of nitrogens with zero attached hydrogens (tertiary/aromatic N) is 1. The van der Waals surface area contributed by atoms with Crippen LogP contribution in [0, 0.1) is 0 Å². The number of rotatable bonds is 7. The van der Waals surface area contributed by atoms with Gasteiger partial charge in [0.05, 0.1) is 0 Å². The van der Waals surface area contributed by atoms with E-state index in [9.17, 15) is 0 Å². The molecule has 0 spiro atoms. The van der Waals surface area contributed by atoms with Gasteiger partial charge >= 0.3 is 0 Å². The summed E-state index contributed by atoms with van der Waals surface area (Å²) >= 11 is 0. The van der Waals surface area contributed by atoms with Crippen LogP contribution in [0.5, 0.6) is 0 Å². The van der Waals surface area contributed by atoms with Crippen LogP contribution in [0.4, 0.5) is 0 Å². The number of likely N-dealkylation sites (N-methyl/N-ethyl adjacent to an activating group) is 1. The fourth-order valence-electron chi connectivity index (χ4n) is 2.71. The van der Waals surface area contributed by atoms with E-state index in [2.05, 4.69) is 63.1 Å². The molecule has 0 aliphatic heterocycles. The molecule has 1 aromatic carbocycles. The van der Waals surface area contributed by atoms with Crippen LogP contribution in [-0.2, 0) is 5.41 Å². The van der Waals surface area contributed by atoms with Gasteiger partial charge in [-0.15, -0.1) is 0 Å². The van der Waals surface area contributed by atoms with Gasteiger partial charge in [0.2, 0.25) is 0 Å². The summed E-state index contributed by atoms with van der Waals surface area (Å²) in [5.74, 6) is 0. The number of benzene rings is 1. The molecule has 2 N–H and O–H groups in total. The Morgan fingerprint density at radius 1 is 1.17 bits per heavy atom. The Morgan fingerprint density at radius 2 is 1.72 bits per heavy atom. The predicted octanol–water partition coefficient (Wildman–Crippen LogP) is 3.02. The third-order valence-corrected chi connectivity index (χ3v) is 4.09. The van der Waals surface area contributed by atoms with E-state index in [1.807, 2.05) is 0 Å². The Morgan fingerprint density at radius 3 is 2.17 bits per heavy atom. The monoisotopic (exact) mass is 248 g/mol. The Labute approximate surface area is 112 Å². The maximum absolute atomic E-state index is 6.04. The lowest BCUT2D eigenvalue weighted by atomic mass is 9.81. The third-order valence-electron chi connectivity index (χ3n) is 4.09. The zero-order chi connectivity index (χ0) is 13.6.